The Morgan fingerprint density at radius 1 is 1.27 bits per heavy atom. The maximum atomic E-state index is 11.7. The Labute approximate surface area is 94.0 Å². The lowest BCUT2D eigenvalue weighted by molar-refractivity contribution is -0.129. The van der Waals surface area contributed by atoms with E-state index >= 15 is 0 Å². The van der Waals surface area contributed by atoms with Crippen molar-refractivity contribution < 1.29 is 4.79 Å². The van der Waals surface area contributed by atoms with Crippen LogP contribution < -0.4 is 0 Å². The van der Waals surface area contributed by atoms with E-state index in [-0.39, 0.29) is 0 Å². The number of likely N-dealkylation sites (tertiary alicyclic amines) is 1. The Morgan fingerprint density at radius 2 is 1.87 bits per heavy atom. The van der Waals surface area contributed by atoms with Crippen LogP contribution in [-0.2, 0) is 4.79 Å². The third-order valence-corrected chi connectivity index (χ3v) is 3.58. The first kappa shape index (κ1) is 12.5. The molecule has 2 fully saturated rings. The van der Waals surface area contributed by atoms with E-state index in [1.54, 1.807) is 0 Å². The molecule has 15 heavy (non-hydrogen) atoms. The molecule has 1 saturated carbocycles. The summed E-state index contributed by atoms with van der Waals surface area (Å²) in [6.45, 7) is 7.23. The van der Waals surface area contributed by atoms with E-state index in [1.807, 2.05) is 13.8 Å². The molecule has 0 aromatic rings. The average Bonchev–Trinajstić information content (AvgIpc) is 2.89. The van der Waals surface area contributed by atoms with Crippen LogP contribution >= 0.6 is 0 Å². The van der Waals surface area contributed by atoms with Gasteiger partial charge in [0.25, 0.3) is 0 Å². The molecule has 0 radical (unpaired) electrons. The van der Waals surface area contributed by atoms with Gasteiger partial charge in [0.2, 0.25) is 5.91 Å². The fourth-order valence-corrected chi connectivity index (χ4v) is 2.65. The van der Waals surface area contributed by atoms with Gasteiger partial charge in [0.15, 0.2) is 0 Å². The minimum atomic E-state index is 0.416. The molecule has 0 N–H and O–H groups in total. The molecule has 1 heterocycles. The van der Waals surface area contributed by atoms with Crippen LogP contribution in [0.15, 0.2) is 0 Å². The summed E-state index contributed by atoms with van der Waals surface area (Å²) >= 11 is 0. The predicted octanol–water partition coefficient (Wildman–Crippen LogP) is 3.21. The number of rotatable bonds is 2. The Hall–Kier alpha value is -0.530. The Morgan fingerprint density at radius 3 is 2.33 bits per heavy atom. The SMILES string of the molecule is CC.CCC1CC(=O)N(C2CCCC2)C1. The predicted molar refractivity (Wildman–Crippen MR) is 63.7 cm³/mol. The van der Waals surface area contributed by atoms with Gasteiger partial charge in [-0.1, -0.05) is 40.0 Å². The summed E-state index contributed by atoms with van der Waals surface area (Å²) in [6.07, 6.45) is 7.13. The molecule has 1 aliphatic carbocycles. The maximum Gasteiger partial charge on any atom is 0.223 e. The van der Waals surface area contributed by atoms with E-state index in [0.29, 0.717) is 17.9 Å². The van der Waals surface area contributed by atoms with Crippen molar-refractivity contribution in [3.63, 3.8) is 0 Å². The zero-order valence-electron chi connectivity index (χ0n) is 10.5. The first-order chi connectivity index (χ1) is 7.31. The van der Waals surface area contributed by atoms with Crippen molar-refractivity contribution in [1.82, 2.24) is 4.90 Å². The molecule has 0 bridgehead atoms. The minimum Gasteiger partial charge on any atom is -0.339 e. The summed E-state index contributed by atoms with van der Waals surface area (Å²) in [7, 11) is 0. The molecule has 1 amide bonds. The van der Waals surface area contributed by atoms with Gasteiger partial charge in [-0.05, 0) is 18.8 Å². The molecule has 2 rings (SSSR count). The summed E-state index contributed by atoms with van der Waals surface area (Å²) in [5.41, 5.74) is 0. The van der Waals surface area contributed by atoms with Crippen LogP contribution in [0.25, 0.3) is 0 Å². The van der Waals surface area contributed by atoms with E-state index < -0.39 is 0 Å². The van der Waals surface area contributed by atoms with Crippen molar-refractivity contribution in [2.75, 3.05) is 6.54 Å². The summed E-state index contributed by atoms with van der Waals surface area (Å²) in [5, 5.41) is 0. The lowest BCUT2D eigenvalue weighted by Gasteiger charge is -2.23. The first-order valence-electron chi connectivity index (χ1n) is 6.60. The number of nitrogens with zero attached hydrogens (tertiary/aromatic N) is 1. The molecular weight excluding hydrogens is 186 g/mol. The van der Waals surface area contributed by atoms with Gasteiger partial charge in [0.1, 0.15) is 0 Å². The topological polar surface area (TPSA) is 20.3 Å². The summed E-state index contributed by atoms with van der Waals surface area (Å²) in [4.78, 5) is 13.8. The summed E-state index contributed by atoms with van der Waals surface area (Å²) in [5.74, 6) is 1.06. The Kier molecular flexibility index (Phi) is 5.13. The minimum absolute atomic E-state index is 0.416. The molecule has 2 nitrogen and oxygen atoms in total. The highest BCUT2D eigenvalue weighted by Crippen LogP contribution is 2.30. The van der Waals surface area contributed by atoms with Gasteiger partial charge in [-0.25, -0.2) is 0 Å². The van der Waals surface area contributed by atoms with Gasteiger partial charge in [-0.2, -0.15) is 0 Å². The molecule has 2 aliphatic rings. The quantitative estimate of drug-likeness (QED) is 0.687. The monoisotopic (exact) mass is 211 g/mol. The largest absolute Gasteiger partial charge is 0.339 e. The average molecular weight is 211 g/mol. The molecular formula is C13H25NO. The molecule has 0 aromatic carbocycles. The lowest BCUT2D eigenvalue weighted by Crippen LogP contribution is -2.34. The number of hydrogen-bond acceptors (Lipinski definition) is 1. The van der Waals surface area contributed by atoms with Crippen molar-refractivity contribution in [2.45, 2.75) is 65.3 Å². The van der Waals surface area contributed by atoms with E-state index in [9.17, 15) is 4.79 Å². The molecule has 1 aliphatic heterocycles. The zero-order valence-corrected chi connectivity index (χ0v) is 10.5. The molecule has 0 spiro atoms. The number of amides is 1. The van der Waals surface area contributed by atoms with E-state index in [1.165, 1.54) is 25.7 Å². The van der Waals surface area contributed by atoms with Crippen LogP contribution in [0.3, 0.4) is 0 Å². The van der Waals surface area contributed by atoms with Crippen LogP contribution in [0.1, 0.15) is 59.3 Å². The molecule has 2 heteroatoms. The second kappa shape index (κ2) is 6.14. The van der Waals surface area contributed by atoms with Crippen LogP contribution in [-0.4, -0.2) is 23.4 Å². The fraction of sp³-hybridized carbons (Fsp3) is 0.923. The molecule has 1 atom stereocenters. The van der Waals surface area contributed by atoms with Crippen molar-refractivity contribution in [3.8, 4) is 0 Å². The smallest absolute Gasteiger partial charge is 0.223 e. The highest BCUT2D eigenvalue weighted by Gasteiger charge is 2.34. The van der Waals surface area contributed by atoms with Crippen LogP contribution in [0.4, 0.5) is 0 Å². The van der Waals surface area contributed by atoms with E-state index in [2.05, 4.69) is 11.8 Å². The lowest BCUT2D eigenvalue weighted by atomic mass is 10.1. The fourth-order valence-electron chi connectivity index (χ4n) is 2.65. The summed E-state index contributed by atoms with van der Waals surface area (Å²) in [6, 6.07) is 0.601. The maximum absolute atomic E-state index is 11.7. The van der Waals surface area contributed by atoms with Crippen LogP contribution in [0.2, 0.25) is 0 Å². The number of hydrogen-bond donors (Lipinski definition) is 0. The highest BCUT2D eigenvalue weighted by molar-refractivity contribution is 5.79. The van der Waals surface area contributed by atoms with Crippen molar-refractivity contribution in [2.24, 2.45) is 5.92 Å². The number of carbonyl (C=O) groups excluding carboxylic acids is 1. The normalized spacial score (nSPS) is 26.7. The Balaban J connectivity index is 0.000000531. The molecule has 88 valence electrons. The standard InChI is InChI=1S/C11H19NO.C2H6/c1-2-9-7-11(13)12(8-9)10-5-3-4-6-10;1-2/h9-10H,2-8H2,1H3;1-2H3. The highest BCUT2D eigenvalue weighted by atomic mass is 16.2. The third kappa shape index (κ3) is 2.96. The second-order valence-corrected chi connectivity index (χ2v) is 4.46. The number of carbonyl (C=O) groups is 1. The van der Waals surface area contributed by atoms with Crippen LogP contribution in [0, 0.1) is 5.92 Å². The third-order valence-electron chi connectivity index (χ3n) is 3.58. The van der Waals surface area contributed by atoms with E-state index in [4.69, 9.17) is 0 Å². The zero-order chi connectivity index (χ0) is 11.3. The Bertz CT molecular complexity index is 197. The van der Waals surface area contributed by atoms with Gasteiger partial charge >= 0.3 is 0 Å². The van der Waals surface area contributed by atoms with Gasteiger partial charge < -0.3 is 4.90 Å². The van der Waals surface area contributed by atoms with Gasteiger partial charge in [0, 0.05) is 19.0 Å². The first-order valence-corrected chi connectivity index (χ1v) is 6.60. The van der Waals surface area contributed by atoms with Gasteiger partial charge in [0.05, 0.1) is 0 Å². The molecule has 1 saturated heterocycles. The van der Waals surface area contributed by atoms with E-state index in [0.717, 1.165) is 19.4 Å². The molecule has 0 aromatic heterocycles. The van der Waals surface area contributed by atoms with Crippen molar-refractivity contribution in [1.29, 1.82) is 0 Å². The van der Waals surface area contributed by atoms with Gasteiger partial charge in [-0.3, -0.25) is 4.79 Å². The van der Waals surface area contributed by atoms with Gasteiger partial charge in [-0.15, -0.1) is 0 Å². The summed E-state index contributed by atoms with van der Waals surface area (Å²) < 4.78 is 0. The van der Waals surface area contributed by atoms with Crippen LogP contribution in [0.5, 0.6) is 0 Å². The van der Waals surface area contributed by atoms with Crippen molar-refractivity contribution in [3.05, 3.63) is 0 Å². The molecule has 1 unspecified atom stereocenters. The van der Waals surface area contributed by atoms with Crippen molar-refractivity contribution >= 4 is 5.91 Å². The second-order valence-electron chi connectivity index (χ2n) is 4.46.